The van der Waals surface area contributed by atoms with Gasteiger partial charge in [-0.25, -0.2) is 0 Å². The predicted molar refractivity (Wildman–Crippen MR) is 87.5 cm³/mol. The van der Waals surface area contributed by atoms with E-state index in [9.17, 15) is 0 Å². The van der Waals surface area contributed by atoms with Crippen LogP contribution in [0.5, 0.6) is 0 Å². The molecule has 2 atom stereocenters. The van der Waals surface area contributed by atoms with E-state index in [0.29, 0.717) is 11.7 Å². The first-order chi connectivity index (χ1) is 9.80. The van der Waals surface area contributed by atoms with Crippen molar-refractivity contribution in [2.75, 3.05) is 25.9 Å². The number of hydrogen-bond donors (Lipinski definition) is 0. The minimum Gasteiger partial charge on any atom is -0.370 e. The smallest absolute Gasteiger partial charge is 0.0710 e. The van der Waals surface area contributed by atoms with Gasteiger partial charge in [-0.3, -0.25) is 4.90 Å². The Morgan fingerprint density at radius 2 is 1.90 bits per heavy atom. The summed E-state index contributed by atoms with van der Waals surface area (Å²) in [5.74, 6) is 0. The van der Waals surface area contributed by atoms with Crippen molar-refractivity contribution in [3.8, 4) is 0 Å². The molecule has 0 amide bonds. The zero-order chi connectivity index (χ0) is 13.8. The molecule has 116 valence electrons. The van der Waals surface area contributed by atoms with Crippen molar-refractivity contribution in [1.29, 1.82) is 0 Å². The monoisotopic (exact) mass is 297 g/mol. The molecular formula is C17H31NOS. The van der Waals surface area contributed by atoms with Crippen molar-refractivity contribution < 1.29 is 4.74 Å². The molecule has 1 aliphatic carbocycles. The molecule has 20 heavy (non-hydrogen) atoms. The van der Waals surface area contributed by atoms with Crippen molar-refractivity contribution in [1.82, 2.24) is 4.90 Å². The molecular weight excluding hydrogens is 266 g/mol. The second-order valence-electron chi connectivity index (χ2n) is 7.14. The lowest BCUT2D eigenvalue weighted by molar-refractivity contribution is -0.0715. The molecule has 1 saturated carbocycles. The predicted octanol–water partition coefficient (Wildman–Crippen LogP) is 4.09. The Balaban J connectivity index is 1.50. The highest BCUT2D eigenvalue weighted by atomic mass is 32.2. The molecule has 0 aromatic rings. The van der Waals surface area contributed by atoms with E-state index in [2.05, 4.69) is 22.9 Å². The first kappa shape index (κ1) is 15.2. The van der Waals surface area contributed by atoms with Gasteiger partial charge >= 0.3 is 0 Å². The third-order valence-electron chi connectivity index (χ3n) is 5.61. The van der Waals surface area contributed by atoms with E-state index in [1.807, 2.05) is 0 Å². The topological polar surface area (TPSA) is 12.5 Å². The van der Waals surface area contributed by atoms with Gasteiger partial charge in [-0.15, -0.1) is 0 Å². The van der Waals surface area contributed by atoms with E-state index in [1.54, 1.807) is 0 Å². The molecule has 2 saturated heterocycles. The lowest BCUT2D eigenvalue weighted by atomic mass is 9.83. The van der Waals surface area contributed by atoms with Crippen molar-refractivity contribution in [3.05, 3.63) is 0 Å². The van der Waals surface area contributed by atoms with Crippen LogP contribution in [-0.2, 0) is 4.74 Å². The van der Waals surface area contributed by atoms with Gasteiger partial charge in [0.1, 0.15) is 0 Å². The highest BCUT2D eigenvalue weighted by Crippen LogP contribution is 2.42. The standard InChI is InChI=1S/C17H31NOS/c1-20-16-7-3-6-12-18(14-16)13-15-8-11-17(19-15)9-4-2-5-10-17/h15-16H,2-14H2,1H3/t15-,16+/m1/s1. The van der Waals surface area contributed by atoms with Crippen LogP contribution in [0.2, 0.25) is 0 Å². The van der Waals surface area contributed by atoms with Gasteiger partial charge < -0.3 is 4.74 Å². The second kappa shape index (κ2) is 7.02. The van der Waals surface area contributed by atoms with Crippen LogP contribution in [0.1, 0.15) is 64.2 Å². The minimum atomic E-state index is 0.299. The van der Waals surface area contributed by atoms with E-state index in [4.69, 9.17) is 4.74 Å². The summed E-state index contributed by atoms with van der Waals surface area (Å²) < 4.78 is 6.55. The molecule has 0 N–H and O–H groups in total. The summed E-state index contributed by atoms with van der Waals surface area (Å²) in [5, 5.41) is 0.850. The quantitative estimate of drug-likeness (QED) is 0.778. The Morgan fingerprint density at radius 3 is 2.70 bits per heavy atom. The van der Waals surface area contributed by atoms with Gasteiger partial charge in [-0.1, -0.05) is 25.7 Å². The van der Waals surface area contributed by atoms with E-state index < -0.39 is 0 Å². The molecule has 0 aromatic heterocycles. The number of rotatable bonds is 3. The lowest BCUT2D eigenvalue weighted by Gasteiger charge is -2.34. The maximum absolute atomic E-state index is 6.55. The highest BCUT2D eigenvalue weighted by molar-refractivity contribution is 7.99. The Bertz CT molecular complexity index is 303. The summed E-state index contributed by atoms with van der Waals surface area (Å²) in [6.07, 6.45) is 16.5. The average molecular weight is 298 g/mol. The normalized spacial score (nSPS) is 35.2. The van der Waals surface area contributed by atoms with Crippen LogP contribution in [0.4, 0.5) is 0 Å². The van der Waals surface area contributed by atoms with Gasteiger partial charge in [-0.05, 0) is 51.3 Å². The molecule has 0 bridgehead atoms. The Labute approximate surface area is 129 Å². The van der Waals surface area contributed by atoms with Crippen LogP contribution in [-0.4, -0.2) is 47.7 Å². The number of thioether (sulfide) groups is 1. The molecule has 2 aliphatic heterocycles. The van der Waals surface area contributed by atoms with Gasteiger partial charge in [0.2, 0.25) is 0 Å². The Kier molecular flexibility index (Phi) is 5.33. The van der Waals surface area contributed by atoms with Crippen molar-refractivity contribution in [2.45, 2.75) is 81.2 Å². The van der Waals surface area contributed by atoms with Crippen molar-refractivity contribution in [2.24, 2.45) is 0 Å². The van der Waals surface area contributed by atoms with E-state index in [0.717, 1.165) is 5.25 Å². The number of nitrogens with zero attached hydrogens (tertiary/aromatic N) is 1. The third kappa shape index (κ3) is 3.72. The molecule has 0 radical (unpaired) electrons. The van der Waals surface area contributed by atoms with Crippen LogP contribution >= 0.6 is 11.8 Å². The first-order valence-electron chi connectivity index (χ1n) is 8.73. The molecule has 3 heteroatoms. The van der Waals surface area contributed by atoms with Gasteiger partial charge in [0.15, 0.2) is 0 Å². The van der Waals surface area contributed by atoms with Crippen LogP contribution in [0.3, 0.4) is 0 Å². The average Bonchev–Trinajstić information content (AvgIpc) is 2.71. The summed E-state index contributed by atoms with van der Waals surface area (Å²) in [6, 6.07) is 0. The molecule has 3 rings (SSSR count). The second-order valence-corrected chi connectivity index (χ2v) is 8.27. The van der Waals surface area contributed by atoms with Crippen LogP contribution in [0, 0.1) is 0 Å². The lowest BCUT2D eigenvalue weighted by Crippen LogP contribution is -2.38. The summed E-state index contributed by atoms with van der Waals surface area (Å²) in [7, 11) is 0. The van der Waals surface area contributed by atoms with Crippen molar-refractivity contribution >= 4 is 11.8 Å². The SMILES string of the molecule is CS[C@H]1CCCCN(C[C@H]2CCC3(CCCCC3)O2)C1. The molecule has 2 nitrogen and oxygen atoms in total. The molecule has 0 aromatic carbocycles. The fraction of sp³-hybridized carbons (Fsp3) is 1.00. The Hall–Kier alpha value is 0.270. The zero-order valence-corrected chi connectivity index (χ0v) is 13.9. The fourth-order valence-corrected chi connectivity index (χ4v) is 5.17. The summed E-state index contributed by atoms with van der Waals surface area (Å²) in [6.45, 7) is 3.77. The summed E-state index contributed by atoms with van der Waals surface area (Å²) in [5.41, 5.74) is 0.299. The van der Waals surface area contributed by atoms with Gasteiger partial charge in [0, 0.05) is 18.3 Å². The van der Waals surface area contributed by atoms with Gasteiger partial charge in [0.05, 0.1) is 11.7 Å². The van der Waals surface area contributed by atoms with Crippen LogP contribution in [0.15, 0.2) is 0 Å². The third-order valence-corrected chi connectivity index (χ3v) is 6.66. The van der Waals surface area contributed by atoms with Crippen LogP contribution in [0.25, 0.3) is 0 Å². The number of hydrogen-bond acceptors (Lipinski definition) is 3. The van der Waals surface area contributed by atoms with Gasteiger partial charge in [-0.2, -0.15) is 11.8 Å². The number of ether oxygens (including phenoxy) is 1. The van der Waals surface area contributed by atoms with Crippen LogP contribution < -0.4 is 0 Å². The summed E-state index contributed by atoms with van der Waals surface area (Å²) >= 11 is 2.06. The van der Waals surface area contributed by atoms with Gasteiger partial charge in [0.25, 0.3) is 0 Å². The zero-order valence-electron chi connectivity index (χ0n) is 13.1. The van der Waals surface area contributed by atoms with E-state index >= 15 is 0 Å². The minimum absolute atomic E-state index is 0.299. The van der Waals surface area contributed by atoms with E-state index in [1.165, 1.54) is 83.8 Å². The number of likely N-dealkylation sites (tertiary alicyclic amines) is 1. The molecule has 2 heterocycles. The van der Waals surface area contributed by atoms with Crippen molar-refractivity contribution in [3.63, 3.8) is 0 Å². The molecule has 0 unspecified atom stereocenters. The maximum atomic E-state index is 6.55. The van der Waals surface area contributed by atoms with E-state index in [-0.39, 0.29) is 0 Å². The first-order valence-corrected chi connectivity index (χ1v) is 10.0. The fourth-order valence-electron chi connectivity index (χ4n) is 4.41. The molecule has 3 fully saturated rings. The maximum Gasteiger partial charge on any atom is 0.0710 e. The molecule has 1 spiro atoms. The largest absolute Gasteiger partial charge is 0.370 e. The Morgan fingerprint density at radius 1 is 1.05 bits per heavy atom. The highest BCUT2D eigenvalue weighted by Gasteiger charge is 2.41. The molecule has 3 aliphatic rings. The summed E-state index contributed by atoms with van der Waals surface area (Å²) in [4.78, 5) is 2.70.